The molecule has 1 atom stereocenters. The van der Waals surface area contributed by atoms with E-state index >= 15 is 0 Å². The van der Waals surface area contributed by atoms with Crippen molar-refractivity contribution in [2.75, 3.05) is 10.6 Å². The number of anilines is 2. The number of rotatable bonds is 4. The van der Waals surface area contributed by atoms with Crippen LogP contribution < -0.4 is 21.7 Å². The summed E-state index contributed by atoms with van der Waals surface area (Å²) in [5.41, 5.74) is 9.46. The molecule has 0 fully saturated rings. The minimum atomic E-state index is -0.837. The van der Waals surface area contributed by atoms with Gasteiger partial charge in [-0.3, -0.25) is 14.9 Å². The molecule has 8 nitrogen and oxygen atoms in total. The van der Waals surface area contributed by atoms with Crippen LogP contribution in [0.1, 0.15) is 17.5 Å². The number of benzene rings is 2. The lowest BCUT2D eigenvalue weighted by atomic mass is 10.2. The predicted octanol–water partition coefficient (Wildman–Crippen LogP) is 1.91. The maximum Gasteiger partial charge on any atom is 0.252 e. The number of amides is 2. The van der Waals surface area contributed by atoms with Crippen molar-refractivity contribution in [1.29, 1.82) is 0 Å². The maximum atomic E-state index is 12.2. The number of guanidine groups is 2. The van der Waals surface area contributed by atoms with Gasteiger partial charge >= 0.3 is 0 Å². The molecule has 0 spiro atoms. The van der Waals surface area contributed by atoms with Gasteiger partial charge in [0.1, 0.15) is 6.04 Å². The summed E-state index contributed by atoms with van der Waals surface area (Å²) in [7, 11) is 0. The van der Waals surface area contributed by atoms with E-state index in [1.165, 1.54) is 0 Å². The zero-order valence-corrected chi connectivity index (χ0v) is 15.7. The second-order valence-electron chi connectivity index (χ2n) is 6.57. The summed E-state index contributed by atoms with van der Waals surface area (Å²) in [5.74, 6) is -0.519. The van der Waals surface area contributed by atoms with Gasteiger partial charge in [0.05, 0.1) is 6.42 Å². The Hall–Kier alpha value is -3.68. The average Bonchev–Trinajstić information content (AvgIpc) is 2.95. The highest BCUT2D eigenvalue weighted by Crippen LogP contribution is 2.13. The molecule has 2 aromatic carbocycles. The Balaban J connectivity index is 1.60. The number of nitrogens with one attached hydrogen (secondary N) is 3. The molecule has 2 amide bonds. The minimum Gasteiger partial charge on any atom is -0.369 e. The van der Waals surface area contributed by atoms with Crippen molar-refractivity contribution >= 4 is 35.1 Å². The van der Waals surface area contributed by atoms with Gasteiger partial charge in [-0.05, 0) is 43.7 Å². The number of aryl methyl sites for hydroxylation is 2. The Kier molecular flexibility index (Phi) is 5.69. The molecule has 0 aliphatic carbocycles. The fourth-order valence-corrected chi connectivity index (χ4v) is 2.66. The van der Waals surface area contributed by atoms with Gasteiger partial charge in [-0.1, -0.05) is 29.8 Å². The van der Waals surface area contributed by atoms with Gasteiger partial charge in [-0.2, -0.15) is 4.99 Å². The van der Waals surface area contributed by atoms with E-state index in [0.717, 1.165) is 16.8 Å². The van der Waals surface area contributed by atoms with Gasteiger partial charge in [0.15, 0.2) is 0 Å². The molecule has 28 heavy (non-hydrogen) atoms. The molecule has 144 valence electrons. The zero-order chi connectivity index (χ0) is 20.1. The van der Waals surface area contributed by atoms with Crippen LogP contribution in [0.25, 0.3) is 0 Å². The molecule has 0 saturated heterocycles. The van der Waals surface area contributed by atoms with Crippen molar-refractivity contribution in [1.82, 2.24) is 5.32 Å². The van der Waals surface area contributed by atoms with E-state index in [0.29, 0.717) is 5.69 Å². The topological polar surface area (TPSA) is 121 Å². The van der Waals surface area contributed by atoms with Crippen molar-refractivity contribution in [3.63, 3.8) is 0 Å². The monoisotopic (exact) mass is 378 g/mol. The Bertz CT molecular complexity index is 949. The van der Waals surface area contributed by atoms with Crippen LogP contribution in [0.15, 0.2) is 58.5 Å². The third-order valence-corrected chi connectivity index (χ3v) is 4.05. The molecule has 5 N–H and O–H groups in total. The van der Waals surface area contributed by atoms with Gasteiger partial charge < -0.3 is 16.4 Å². The fraction of sp³-hybridized carbons (Fsp3) is 0.200. The molecule has 1 unspecified atom stereocenters. The van der Waals surface area contributed by atoms with Gasteiger partial charge in [0.25, 0.3) is 5.91 Å². The number of hydrogen-bond acceptors (Lipinski definition) is 4. The summed E-state index contributed by atoms with van der Waals surface area (Å²) in [6.45, 7) is 3.92. The minimum absolute atomic E-state index is 0.0791. The summed E-state index contributed by atoms with van der Waals surface area (Å²) in [5, 5.41) is 8.21. The lowest BCUT2D eigenvalue weighted by Gasteiger charge is -2.07. The zero-order valence-electron chi connectivity index (χ0n) is 15.7. The standard InChI is InChI=1S/C20H22N6O2/c1-12-6-8-14(9-7-12)23-19(21)26-20-24-16(18(28)25-20)11-17(27)22-15-5-3-4-13(2)10-15/h3-10,16H,11H2,1-2H3,(H,22,27)(H4,21,23,24,25,26,28). The van der Waals surface area contributed by atoms with E-state index in [9.17, 15) is 9.59 Å². The molecule has 1 aliphatic rings. The molecule has 2 aromatic rings. The third-order valence-electron chi connectivity index (χ3n) is 4.05. The molecule has 0 saturated carbocycles. The van der Waals surface area contributed by atoms with Crippen LogP contribution in [0.4, 0.5) is 11.4 Å². The quantitative estimate of drug-likeness (QED) is 0.480. The van der Waals surface area contributed by atoms with Crippen LogP contribution in [0.2, 0.25) is 0 Å². The highest BCUT2D eigenvalue weighted by atomic mass is 16.2. The highest BCUT2D eigenvalue weighted by molar-refractivity contribution is 6.11. The van der Waals surface area contributed by atoms with Crippen LogP contribution >= 0.6 is 0 Å². The lowest BCUT2D eigenvalue weighted by molar-refractivity contribution is -0.123. The van der Waals surface area contributed by atoms with E-state index in [-0.39, 0.29) is 30.2 Å². The van der Waals surface area contributed by atoms with Crippen molar-refractivity contribution in [2.45, 2.75) is 26.3 Å². The number of nitrogens with zero attached hydrogens (tertiary/aromatic N) is 2. The Morgan fingerprint density at radius 1 is 1.11 bits per heavy atom. The van der Waals surface area contributed by atoms with Crippen molar-refractivity contribution in [2.24, 2.45) is 15.7 Å². The summed E-state index contributed by atoms with van der Waals surface area (Å²) in [4.78, 5) is 32.5. The first-order valence-corrected chi connectivity index (χ1v) is 8.82. The molecule has 0 bridgehead atoms. The number of aliphatic imine (C=N–C) groups is 2. The summed E-state index contributed by atoms with van der Waals surface area (Å²) in [6.07, 6.45) is -0.0793. The van der Waals surface area contributed by atoms with E-state index in [2.05, 4.69) is 25.9 Å². The van der Waals surface area contributed by atoms with Crippen LogP contribution in [-0.4, -0.2) is 29.8 Å². The summed E-state index contributed by atoms with van der Waals surface area (Å²) >= 11 is 0. The maximum absolute atomic E-state index is 12.2. The summed E-state index contributed by atoms with van der Waals surface area (Å²) in [6, 6.07) is 14.2. The smallest absolute Gasteiger partial charge is 0.252 e. The normalized spacial score (nSPS) is 16.4. The van der Waals surface area contributed by atoms with Crippen LogP contribution in [0.3, 0.4) is 0 Å². The second kappa shape index (κ2) is 8.34. The Morgan fingerprint density at radius 3 is 2.57 bits per heavy atom. The van der Waals surface area contributed by atoms with Crippen molar-refractivity contribution in [3.05, 3.63) is 59.7 Å². The van der Waals surface area contributed by atoms with Gasteiger partial charge in [-0.15, -0.1) is 0 Å². The summed E-state index contributed by atoms with van der Waals surface area (Å²) < 4.78 is 0. The van der Waals surface area contributed by atoms with E-state index in [1.54, 1.807) is 6.07 Å². The molecular weight excluding hydrogens is 356 g/mol. The molecule has 0 aromatic heterocycles. The van der Waals surface area contributed by atoms with E-state index in [4.69, 9.17) is 5.73 Å². The van der Waals surface area contributed by atoms with Gasteiger partial charge in [0.2, 0.25) is 17.8 Å². The molecular formula is C20H22N6O2. The molecule has 8 heteroatoms. The Labute approximate surface area is 163 Å². The fourth-order valence-electron chi connectivity index (χ4n) is 2.66. The van der Waals surface area contributed by atoms with Gasteiger partial charge in [-0.25, -0.2) is 4.99 Å². The first kappa shape index (κ1) is 19.1. The number of carbonyl (C=O) groups excluding carboxylic acids is 2. The number of carbonyl (C=O) groups is 2. The average molecular weight is 378 g/mol. The molecule has 3 rings (SSSR count). The SMILES string of the molecule is Cc1ccc(N/C(N)=N/C2=NC(CC(=O)Nc3cccc(C)c3)C(=O)N2)cc1. The molecule has 0 radical (unpaired) electrons. The van der Waals surface area contributed by atoms with E-state index in [1.807, 2.05) is 56.3 Å². The van der Waals surface area contributed by atoms with Crippen molar-refractivity contribution < 1.29 is 9.59 Å². The van der Waals surface area contributed by atoms with Crippen LogP contribution in [-0.2, 0) is 9.59 Å². The van der Waals surface area contributed by atoms with Crippen LogP contribution in [0, 0.1) is 13.8 Å². The first-order chi connectivity index (χ1) is 13.4. The lowest BCUT2D eigenvalue weighted by Crippen LogP contribution is -2.32. The Morgan fingerprint density at radius 2 is 1.86 bits per heavy atom. The van der Waals surface area contributed by atoms with Crippen molar-refractivity contribution in [3.8, 4) is 0 Å². The molecule has 1 heterocycles. The number of nitrogens with two attached hydrogens (primary N) is 1. The second-order valence-corrected chi connectivity index (χ2v) is 6.57. The van der Waals surface area contributed by atoms with Crippen LogP contribution in [0.5, 0.6) is 0 Å². The van der Waals surface area contributed by atoms with E-state index < -0.39 is 6.04 Å². The predicted molar refractivity (Wildman–Crippen MR) is 110 cm³/mol. The third kappa shape index (κ3) is 5.16. The largest absolute Gasteiger partial charge is 0.369 e. The highest BCUT2D eigenvalue weighted by Gasteiger charge is 2.28. The van der Waals surface area contributed by atoms with Gasteiger partial charge in [0, 0.05) is 11.4 Å². The first-order valence-electron chi connectivity index (χ1n) is 8.82. The number of hydrogen-bond donors (Lipinski definition) is 4. The molecule has 1 aliphatic heterocycles.